The molecule has 0 radical (unpaired) electrons. The maximum atomic E-state index is 5.66. The van der Waals surface area contributed by atoms with Crippen molar-refractivity contribution in [2.24, 2.45) is 0 Å². The predicted molar refractivity (Wildman–Crippen MR) is 73.1 cm³/mol. The molecule has 5 nitrogen and oxygen atoms in total. The molecular formula is C12H13BrN4O. The molecule has 0 atom stereocenters. The lowest BCUT2D eigenvalue weighted by Crippen LogP contribution is -2.11. The number of benzene rings is 1. The van der Waals surface area contributed by atoms with Gasteiger partial charge in [0, 0.05) is 10.0 Å². The van der Waals surface area contributed by atoms with Gasteiger partial charge in [-0.15, -0.1) is 0 Å². The van der Waals surface area contributed by atoms with E-state index in [9.17, 15) is 0 Å². The molecule has 0 saturated carbocycles. The number of ether oxygens (including phenoxy) is 1. The van der Waals surface area contributed by atoms with E-state index >= 15 is 0 Å². The summed E-state index contributed by atoms with van der Waals surface area (Å²) in [6, 6.07) is 7.89. The summed E-state index contributed by atoms with van der Waals surface area (Å²) in [6.07, 6.45) is -0.0119. The van der Waals surface area contributed by atoms with Crippen LogP contribution < -0.4 is 10.5 Å². The molecule has 2 rings (SSSR count). The van der Waals surface area contributed by atoms with Crippen LogP contribution in [-0.4, -0.2) is 21.1 Å². The highest BCUT2D eigenvalue weighted by Gasteiger charge is 2.09. The average Bonchev–Trinajstić information content (AvgIpc) is 2.27. The molecule has 1 aromatic heterocycles. The molecule has 0 unspecified atom stereocenters. The SMILES string of the molecule is CC(C)Oc1nc(N)nc(-c2cccc(Br)c2)n1. The second-order valence-electron chi connectivity index (χ2n) is 3.98. The number of nitrogen functional groups attached to an aromatic ring is 1. The summed E-state index contributed by atoms with van der Waals surface area (Å²) < 4.78 is 6.38. The molecule has 18 heavy (non-hydrogen) atoms. The third kappa shape index (κ3) is 3.16. The van der Waals surface area contributed by atoms with E-state index in [-0.39, 0.29) is 18.1 Å². The van der Waals surface area contributed by atoms with Crippen molar-refractivity contribution in [3.63, 3.8) is 0 Å². The smallest absolute Gasteiger partial charge is 0.322 e. The molecule has 2 aromatic rings. The van der Waals surface area contributed by atoms with Crippen LogP contribution in [-0.2, 0) is 0 Å². The zero-order chi connectivity index (χ0) is 13.1. The quantitative estimate of drug-likeness (QED) is 0.943. The first-order valence-electron chi connectivity index (χ1n) is 5.49. The molecule has 0 amide bonds. The number of hydrogen-bond donors (Lipinski definition) is 1. The summed E-state index contributed by atoms with van der Waals surface area (Å²) >= 11 is 3.40. The highest BCUT2D eigenvalue weighted by Crippen LogP contribution is 2.21. The van der Waals surface area contributed by atoms with E-state index in [2.05, 4.69) is 30.9 Å². The third-order valence-electron chi connectivity index (χ3n) is 2.06. The summed E-state index contributed by atoms with van der Waals surface area (Å²) in [7, 11) is 0. The van der Waals surface area contributed by atoms with E-state index in [0.29, 0.717) is 5.82 Å². The van der Waals surface area contributed by atoms with Crippen molar-refractivity contribution in [2.75, 3.05) is 5.73 Å². The fraction of sp³-hybridized carbons (Fsp3) is 0.250. The highest BCUT2D eigenvalue weighted by molar-refractivity contribution is 9.10. The molecular weight excluding hydrogens is 296 g/mol. The Labute approximate surface area is 114 Å². The van der Waals surface area contributed by atoms with Crippen molar-refractivity contribution in [3.8, 4) is 17.4 Å². The first-order valence-corrected chi connectivity index (χ1v) is 6.28. The van der Waals surface area contributed by atoms with E-state index in [0.717, 1.165) is 10.0 Å². The Morgan fingerprint density at radius 3 is 2.67 bits per heavy atom. The van der Waals surface area contributed by atoms with E-state index < -0.39 is 0 Å². The van der Waals surface area contributed by atoms with Crippen molar-refractivity contribution in [3.05, 3.63) is 28.7 Å². The van der Waals surface area contributed by atoms with Gasteiger partial charge in [0.15, 0.2) is 5.82 Å². The molecule has 94 valence electrons. The molecule has 6 heteroatoms. The Morgan fingerprint density at radius 1 is 1.22 bits per heavy atom. The van der Waals surface area contributed by atoms with Crippen LogP contribution >= 0.6 is 15.9 Å². The van der Waals surface area contributed by atoms with Crippen molar-refractivity contribution < 1.29 is 4.74 Å². The Morgan fingerprint density at radius 2 is 2.00 bits per heavy atom. The first-order chi connectivity index (χ1) is 8.54. The van der Waals surface area contributed by atoms with Crippen LogP contribution in [0.3, 0.4) is 0 Å². The number of nitrogens with zero attached hydrogens (tertiary/aromatic N) is 3. The number of rotatable bonds is 3. The Bertz CT molecular complexity index is 560. The minimum atomic E-state index is -0.0119. The third-order valence-corrected chi connectivity index (χ3v) is 2.55. The number of hydrogen-bond acceptors (Lipinski definition) is 5. The molecule has 0 aliphatic rings. The molecule has 0 aliphatic carbocycles. The van der Waals surface area contributed by atoms with Crippen LogP contribution in [0, 0.1) is 0 Å². The van der Waals surface area contributed by atoms with E-state index in [4.69, 9.17) is 10.5 Å². The van der Waals surface area contributed by atoms with Gasteiger partial charge in [0.2, 0.25) is 5.95 Å². The topological polar surface area (TPSA) is 73.9 Å². The van der Waals surface area contributed by atoms with Gasteiger partial charge in [-0.1, -0.05) is 28.1 Å². The van der Waals surface area contributed by atoms with E-state index in [1.54, 1.807) is 0 Å². The lowest BCUT2D eigenvalue weighted by atomic mass is 10.2. The van der Waals surface area contributed by atoms with Crippen LogP contribution in [0.15, 0.2) is 28.7 Å². The van der Waals surface area contributed by atoms with Crippen LogP contribution in [0.5, 0.6) is 6.01 Å². The van der Waals surface area contributed by atoms with Crippen LogP contribution in [0.1, 0.15) is 13.8 Å². The summed E-state index contributed by atoms with van der Waals surface area (Å²) in [6.45, 7) is 3.80. The van der Waals surface area contributed by atoms with Crippen molar-refractivity contribution in [1.82, 2.24) is 15.0 Å². The first kappa shape index (κ1) is 12.8. The largest absolute Gasteiger partial charge is 0.461 e. The molecule has 0 saturated heterocycles. The van der Waals surface area contributed by atoms with Crippen LogP contribution in [0.25, 0.3) is 11.4 Å². The minimum Gasteiger partial charge on any atom is -0.461 e. The van der Waals surface area contributed by atoms with Crippen LogP contribution in [0.4, 0.5) is 5.95 Å². The molecule has 0 fully saturated rings. The number of nitrogens with two attached hydrogens (primary N) is 1. The van der Waals surface area contributed by atoms with Gasteiger partial charge >= 0.3 is 6.01 Å². The summed E-state index contributed by atoms with van der Waals surface area (Å²) in [4.78, 5) is 12.3. The van der Waals surface area contributed by atoms with Crippen molar-refractivity contribution in [1.29, 1.82) is 0 Å². The maximum Gasteiger partial charge on any atom is 0.322 e. The zero-order valence-corrected chi connectivity index (χ0v) is 11.7. The predicted octanol–water partition coefficient (Wildman–Crippen LogP) is 2.67. The molecule has 2 N–H and O–H groups in total. The lowest BCUT2D eigenvalue weighted by molar-refractivity contribution is 0.222. The second-order valence-corrected chi connectivity index (χ2v) is 4.89. The average molecular weight is 309 g/mol. The van der Waals surface area contributed by atoms with Gasteiger partial charge in [-0.2, -0.15) is 15.0 Å². The Balaban J connectivity index is 2.41. The summed E-state index contributed by atoms with van der Waals surface area (Å²) in [5, 5.41) is 0. The Kier molecular flexibility index (Phi) is 3.76. The van der Waals surface area contributed by atoms with Gasteiger partial charge in [0.05, 0.1) is 6.10 Å². The molecule has 1 heterocycles. The number of aromatic nitrogens is 3. The minimum absolute atomic E-state index is 0.0119. The van der Waals surface area contributed by atoms with Crippen LogP contribution in [0.2, 0.25) is 0 Å². The fourth-order valence-electron chi connectivity index (χ4n) is 1.39. The molecule has 0 bridgehead atoms. The van der Waals surface area contributed by atoms with Gasteiger partial charge < -0.3 is 10.5 Å². The maximum absolute atomic E-state index is 5.66. The van der Waals surface area contributed by atoms with E-state index in [1.807, 2.05) is 38.1 Å². The summed E-state index contributed by atoms with van der Waals surface area (Å²) in [5.41, 5.74) is 6.51. The van der Waals surface area contributed by atoms with Gasteiger partial charge in [-0.25, -0.2) is 0 Å². The van der Waals surface area contributed by atoms with Gasteiger partial charge in [0.25, 0.3) is 0 Å². The van der Waals surface area contributed by atoms with Crippen molar-refractivity contribution >= 4 is 21.9 Å². The monoisotopic (exact) mass is 308 g/mol. The van der Waals surface area contributed by atoms with E-state index in [1.165, 1.54) is 0 Å². The summed E-state index contributed by atoms with van der Waals surface area (Å²) in [5.74, 6) is 0.648. The fourth-order valence-corrected chi connectivity index (χ4v) is 1.79. The van der Waals surface area contributed by atoms with Gasteiger partial charge in [-0.3, -0.25) is 0 Å². The van der Waals surface area contributed by atoms with Gasteiger partial charge in [0.1, 0.15) is 0 Å². The lowest BCUT2D eigenvalue weighted by Gasteiger charge is -2.09. The van der Waals surface area contributed by atoms with Gasteiger partial charge in [-0.05, 0) is 26.0 Å². The second kappa shape index (κ2) is 5.30. The highest BCUT2D eigenvalue weighted by atomic mass is 79.9. The molecule has 1 aromatic carbocycles. The standard InChI is InChI=1S/C12H13BrN4O/c1-7(2)18-12-16-10(15-11(14)17-12)8-4-3-5-9(13)6-8/h3-7H,1-2H3,(H2,14,15,16,17). The normalized spacial score (nSPS) is 10.7. The Hall–Kier alpha value is -1.69. The number of anilines is 1. The molecule has 0 aliphatic heterocycles. The zero-order valence-electron chi connectivity index (χ0n) is 10.1. The van der Waals surface area contributed by atoms with Crippen molar-refractivity contribution in [2.45, 2.75) is 20.0 Å². The number of halogens is 1. The molecule has 0 spiro atoms.